The lowest BCUT2D eigenvalue weighted by molar-refractivity contribution is -0.134. The third kappa shape index (κ3) is 2.09. The minimum atomic E-state index is -0.607. The molecule has 0 radical (unpaired) electrons. The molecule has 5 nitrogen and oxygen atoms in total. The Morgan fingerprint density at radius 1 is 1.38 bits per heavy atom. The van der Waals surface area contributed by atoms with E-state index < -0.39 is 5.41 Å². The molecule has 0 atom stereocenters. The Morgan fingerprint density at radius 2 is 2.10 bits per heavy atom. The molecule has 21 heavy (non-hydrogen) atoms. The van der Waals surface area contributed by atoms with E-state index >= 15 is 0 Å². The number of aryl methyl sites for hydroxylation is 1. The highest BCUT2D eigenvalue weighted by molar-refractivity contribution is 6.07. The Labute approximate surface area is 122 Å². The summed E-state index contributed by atoms with van der Waals surface area (Å²) in [5.41, 5.74) is 7.15. The lowest BCUT2D eigenvalue weighted by Crippen LogP contribution is -2.62. The Bertz CT molecular complexity index is 726. The van der Waals surface area contributed by atoms with Gasteiger partial charge in [0.1, 0.15) is 11.8 Å². The highest BCUT2D eigenvalue weighted by atomic mass is 16.3. The van der Waals surface area contributed by atoms with E-state index in [-0.39, 0.29) is 11.8 Å². The van der Waals surface area contributed by atoms with Crippen LogP contribution in [-0.4, -0.2) is 29.8 Å². The maximum absolute atomic E-state index is 12.5. The molecule has 0 saturated carbocycles. The summed E-state index contributed by atoms with van der Waals surface area (Å²) >= 11 is 0. The molecule has 110 valence electrons. The van der Waals surface area contributed by atoms with E-state index in [4.69, 9.17) is 10.2 Å². The molecule has 5 heteroatoms. The van der Waals surface area contributed by atoms with E-state index in [9.17, 15) is 9.59 Å². The fourth-order valence-corrected chi connectivity index (χ4v) is 2.73. The first-order valence-electron chi connectivity index (χ1n) is 7.04. The maximum Gasteiger partial charge on any atom is 0.257 e. The molecule has 1 aromatic heterocycles. The quantitative estimate of drug-likeness (QED) is 0.936. The first-order chi connectivity index (χ1) is 9.94. The fraction of sp³-hybridized carbons (Fsp3) is 0.375. The van der Waals surface area contributed by atoms with Crippen molar-refractivity contribution >= 4 is 22.8 Å². The second-order valence-electron chi connectivity index (χ2n) is 5.92. The molecule has 2 N–H and O–H groups in total. The van der Waals surface area contributed by atoms with Crippen LogP contribution in [0.1, 0.15) is 29.8 Å². The number of nitrogens with zero attached hydrogens (tertiary/aromatic N) is 1. The Morgan fingerprint density at radius 3 is 2.71 bits per heavy atom. The molecule has 1 aliphatic rings. The van der Waals surface area contributed by atoms with Crippen LogP contribution in [-0.2, 0) is 11.2 Å². The van der Waals surface area contributed by atoms with Crippen molar-refractivity contribution in [1.29, 1.82) is 0 Å². The van der Waals surface area contributed by atoms with Gasteiger partial charge in [0.05, 0.1) is 11.0 Å². The van der Waals surface area contributed by atoms with Crippen LogP contribution in [0, 0.1) is 5.41 Å². The van der Waals surface area contributed by atoms with Crippen LogP contribution in [0.2, 0.25) is 0 Å². The van der Waals surface area contributed by atoms with Crippen molar-refractivity contribution in [3.05, 3.63) is 35.6 Å². The number of furan rings is 1. The number of likely N-dealkylation sites (tertiary alicyclic amines) is 1. The molecule has 1 aliphatic heterocycles. The number of rotatable bonds is 3. The minimum absolute atomic E-state index is 0.110. The predicted molar refractivity (Wildman–Crippen MR) is 78.8 cm³/mol. The van der Waals surface area contributed by atoms with Crippen LogP contribution in [0.25, 0.3) is 11.0 Å². The summed E-state index contributed by atoms with van der Waals surface area (Å²) in [7, 11) is 0. The summed E-state index contributed by atoms with van der Waals surface area (Å²) in [5.74, 6) is -0.474. The fourth-order valence-electron chi connectivity index (χ4n) is 2.73. The molecule has 1 saturated heterocycles. The summed E-state index contributed by atoms with van der Waals surface area (Å²) in [6, 6.07) is 5.86. The number of carbonyl (C=O) groups excluding carboxylic acids is 2. The molecule has 0 spiro atoms. The van der Waals surface area contributed by atoms with Crippen LogP contribution in [0.15, 0.2) is 28.9 Å². The molecule has 3 rings (SSSR count). The van der Waals surface area contributed by atoms with Crippen LogP contribution in [0.3, 0.4) is 0 Å². The van der Waals surface area contributed by atoms with Crippen molar-refractivity contribution < 1.29 is 14.0 Å². The topological polar surface area (TPSA) is 76.5 Å². The molecule has 2 amide bonds. The van der Waals surface area contributed by atoms with Gasteiger partial charge in [0.25, 0.3) is 5.91 Å². The number of hydrogen-bond donors (Lipinski definition) is 1. The first kappa shape index (κ1) is 13.7. The number of primary amides is 1. The van der Waals surface area contributed by atoms with Crippen molar-refractivity contribution in [2.24, 2.45) is 11.1 Å². The highest BCUT2D eigenvalue weighted by Gasteiger charge is 2.46. The molecule has 0 bridgehead atoms. The van der Waals surface area contributed by atoms with Gasteiger partial charge >= 0.3 is 0 Å². The third-order valence-electron chi connectivity index (χ3n) is 4.24. The zero-order valence-corrected chi connectivity index (χ0v) is 12.2. The summed E-state index contributed by atoms with van der Waals surface area (Å²) in [5, 5.41) is 0.826. The van der Waals surface area contributed by atoms with E-state index in [1.54, 1.807) is 11.8 Å². The van der Waals surface area contributed by atoms with Crippen LogP contribution < -0.4 is 5.73 Å². The lowest BCUT2D eigenvalue weighted by Gasteiger charge is -2.45. The second kappa shape index (κ2) is 4.62. The zero-order chi connectivity index (χ0) is 15.2. The largest absolute Gasteiger partial charge is 0.463 e. The molecule has 2 heterocycles. The first-order valence-corrected chi connectivity index (χ1v) is 7.04. The standard InChI is InChI=1S/C16H18N2O3/c1-3-10-4-5-13-11(6-10)12(7-21-13)14(19)18-8-16(2,9-18)15(17)20/h4-7H,3,8-9H2,1-2H3,(H2,17,20). The van der Waals surface area contributed by atoms with Gasteiger partial charge in [0, 0.05) is 18.5 Å². The van der Waals surface area contributed by atoms with Gasteiger partial charge in [-0.3, -0.25) is 9.59 Å². The molecule has 0 aliphatic carbocycles. The summed E-state index contributed by atoms with van der Waals surface area (Å²) in [4.78, 5) is 25.5. The van der Waals surface area contributed by atoms with Gasteiger partial charge in [-0.1, -0.05) is 13.0 Å². The third-order valence-corrected chi connectivity index (χ3v) is 4.24. The van der Waals surface area contributed by atoms with Gasteiger partial charge in [-0.15, -0.1) is 0 Å². The average Bonchev–Trinajstić information content (AvgIpc) is 2.85. The number of benzene rings is 1. The predicted octanol–water partition coefficient (Wildman–Crippen LogP) is 1.94. The normalized spacial score (nSPS) is 16.8. The lowest BCUT2D eigenvalue weighted by atomic mass is 9.81. The van der Waals surface area contributed by atoms with E-state index in [0.717, 1.165) is 17.4 Å². The van der Waals surface area contributed by atoms with Gasteiger partial charge in [-0.25, -0.2) is 0 Å². The number of hydrogen-bond acceptors (Lipinski definition) is 3. The Balaban J connectivity index is 1.88. The average molecular weight is 286 g/mol. The van der Waals surface area contributed by atoms with Crippen molar-refractivity contribution in [2.45, 2.75) is 20.3 Å². The summed E-state index contributed by atoms with van der Waals surface area (Å²) in [6.45, 7) is 4.57. The number of nitrogens with two attached hydrogens (primary N) is 1. The number of carbonyl (C=O) groups is 2. The Kier molecular flexibility index (Phi) is 3.01. The van der Waals surface area contributed by atoms with Crippen molar-refractivity contribution in [1.82, 2.24) is 4.90 Å². The molecule has 0 unspecified atom stereocenters. The van der Waals surface area contributed by atoms with E-state index in [0.29, 0.717) is 24.2 Å². The number of fused-ring (bicyclic) bond motifs is 1. The van der Waals surface area contributed by atoms with Gasteiger partial charge < -0.3 is 15.1 Å². The maximum atomic E-state index is 12.5. The van der Waals surface area contributed by atoms with Crippen molar-refractivity contribution in [3.8, 4) is 0 Å². The highest BCUT2D eigenvalue weighted by Crippen LogP contribution is 2.32. The van der Waals surface area contributed by atoms with Gasteiger partial charge in [-0.2, -0.15) is 0 Å². The smallest absolute Gasteiger partial charge is 0.257 e. The Hall–Kier alpha value is -2.30. The molecule has 1 aromatic carbocycles. The van der Waals surface area contributed by atoms with Crippen LogP contribution in [0.4, 0.5) is 0 Å². The SMILES string of the molecule is CCc1ccc2occ(C(=O)N3CC(C)(C(N)=O)C3)c2c1. The van der Waals surface area contributed by atoms with Crippen molar-refractivity contribution in [3.63, 3.8) is 0 Å². The van der Waals surface area contributed by atoms with Crippen LogP contribution >= 0.6 is 0 Å². The second-order valence-corrected chi connectivity index (χ2v) is 5.92. The number of amides is 2. The van der Waals surface area contributed by atoms with Gasteiger partial charge in [-0.05, 0) is 31.0 Å². The van der Waals surface area contributed by atoms with Gasteiger partial charge in [0.2, 0.25) is 5.91 Å². The van der Waals surface area contributed by atoms with Gasteiger partial charge in [0.15, 0.2) is 0 Å². The molecule has 1 fully saturated rings. The van der Waals surface area contributed by atoms with E-state index in [1.807, 2.05) is 18.2 Å². The zero-order valence-electron chi connectivity index (χ0n) is 12.2. The van der Waals surface area contributed by atoms with Crippen molar-refractivity contribution in [2.75, 3.05) is 13.1 Å². The van der Waals surface area contributed by atoms with E-state index in [1.165, 1.54) is 6.26 Å². The summed E-state index contributed by atoms with van der Waals surface area (Å²) in [6.07, 6.45) is 2.39. The summed E-state index contributed by atoms with van der Waals surface area (Å²) < 4.78 is 5.45. The molecular weight excluding hydrogens is 268 g/mol. The monoisotopic (exact) mass is 286 g/mol. The van der Waals surface area contributed by atoms with E-state index in [2.05, 4.69) is 6.92 Å². The molecule has 2 aromatic rings. The molecular formula is C16H18N2O3. The van der Waals surface area contributed by atoms with Crippen LogP contribution in [0.5, 0.6) is 0 Å². The minimum Gasteiger partial charge on any atom is -0.463 e.